The highest BCUT2D eigenvalue weighted by molar-refractivity contribution is 5.35. The second-order valence-corrected chi connectivity index (χ2v) is 3.98. The molecule has 7 heteroatoms. The van der Waals surface area contributed by atoms with Crippen molar-refractivity contribution in [2.24, 2.45) is 0 Å². The smallest absolute Gasteiger partial charge is 0.330 e. The Morgan fingerprint density at radius 1 is 1.15 bits per heavy atom. The molecule has 0 aliphatic carbocycles. The maximum atomic E-state index is 9.24. The van der Waals surface area contributed by atoms with Gasteiger partial charge in [-0.1, -0.05) is 25.1 Å². The summed E-state index contributed by atoms with van der Waals surface area (Å²) in [5, 5.41) is 9.24. The van der Waals surface area contributed by atoms with Crippen LogP contribution in [0.4, 0.5) is 5.95 Å². The number of benzene rings is 1. The highest BCUT2D eigenvalue weighted by Crippen LogP contribution is 2.23. The Morgan fingerprint density at radius 2 is 1.90 bits per heavy atom. The maximum Gasteiger partial charge on any atom is 0.330 e. The van der Waals surface area contributed by atoms with Crippen molar-refractivity contribution in [1.29, 1.82) is 0 Å². The van der Waals surface area contributed by atoms with E-state index in [0.717, 1.165) is 6.42 Å². The van der Waals surface area contributed by atoms with Crippen LogP contribution in [0.5, 0.6) is 17.8 Å². The van der Waals surface area contributed by atoms with Gasteiger partial charge in [0.2, 0.25) is 5.95 Å². The minimum atomic E-state index is -0.143. The molecule has 0 aliphatic heterocycles. The van der Waals surface area contributed by atoms with Crippen LogP contribution in [0, 0.1) is 0 Å². The Kier molecular flexibility index (Phi) is 4.67. The van der Waals surface area contributed by atoms with Crippen LogP contribution in [0.3, 0.4) is 0 Å². The van der Waals surface area contributed by atoms with Gasteiger partial charge in [0.05, 0.1) is 13.2 Å². The van der Waals surface area contributed by atoms with Gasteiger partial charge in [0.1, 0.15) is 5.75 Å². The molecule has 0 atom stereocenters. The molecule has 0 fully saturated rings. The summed E-state index contributed by atoms with van der Waals surface area (Å²) in [4.78, 5) is 11.8. The van der Waals surface area contributed by atoms with Gasteiger partial charge in [-0.05, 0) is 12.5 Å². The molecule has 0 saturated carbocycles. The molecule has 2 aromatic rings. The normalized spacial score (nSPS) is 10.3. The van der Waals surface area contributed by atoms with Gasteiger partial charge >= 0.3 is 12.0 Å². The van der Waals surface area contributed by atoms with Crippen molar-refractivity contribution in [3.05, 3.63) is 29.8 Å². The Balaban J connectivity index is 2.22. The van der Waals surface area contributed by atoms with Gasteiger partial charge < -0.3 is 20.3 Å². The number of anilines is 1. The molecule has 106 valence electrons. The Hall–Kier alpha value is -2.41. The van der Waals surface area contributed by atoms with E-state index in [4.69, 9.17) is 15.2 Å². The second-order valence-electron chi connectivity index (χ2n) is 3.98. The molecule has 0 unspecified atom stereocenters. The number of aromatic nitrogens is 3. The predicted octanol–water partition coefficient (Wildman–Crippen LogP) is 1.53. The highest BCUT2D eigenvalue weighted by atomic mass is 16.5. The zero-order valence-electron chi connectivity index (χ0n) is 11.1. The van der Waals surface area contributed by atoms with Crippen molar-refractivity contribution in [2.75, 3.05) is 12.3 Å². The molecule has 1 aromatic carbocycles. The van der Waals surface area contributed by atoms with Gasteiger partial charge in [-0.3, -0.25) is 0 Å². The Bertz CT molecular complexity index is 577. The molecule has 1 heterocycles. The standard InChI is InChI=1S/C13H16N4O3/c1-2-7-19-12-15-11(14)16-13(17-12)20-10-6-4-3-5-9(10)8-18/h3-6,18H,2,7-8H2,1H3,(H2,14,15,16,17). The van der Waals surface area contributed by atoms with Crippen LogP contribution in [0.25, 0.3) is 0 Å². The lowest BCUT2D eigenvalue weighted by Gasteiger charge is -2.09. The van der Waals surface area contributed by atoms with Crippen LogP contribution in [0.2, 0.25) is 0 Å². The molecule has 0 amide bonds. The molecule has 0 saturated heterocycles. The zero-order chi connectivity index (χ0) is 14.4. The number of hydrogen-bond acceptors (Lipinski definition) is 7. The number of ether oxygens (including phenoxy) is 2. The van der Waals surface area contributed by atoms with Crippen molar-refractivity contribution in [3.63, 3.8) is 0 Å². The van der Waals surface area contributed by atoms with E-state index in [9.17, 15) is 5.11 Å². The lowest BCUT2D eigenvalue weighted by Crippen LogP contribution is -2.06. The van der Waals surface area contributed by atoms with Crippen molar-refractivity contribution >= 4 is 5.95 Å². The number of aliphatic hydroxyl groups excluding tert-OH is 1. The number of rotatable bonds is 6. The maximum absolute atomic E-state index is 9.24. The van der Waals surface area contributed by atoms with E-state index in [-0.39, 0.29) is 24.6 Å². The monoisotopic (exact) mass is 276 g/mol. The molecular formula is C13H16N4O3. The van der Waals surface area contributed by atoms with Gasteiger partial charge in [-0.25, -0.2) is 0 Å². The average Bonchev–Trinajstić information content (AvgIpc) is 2.45. The summed E-state index contributed by atoms with van der Waals surface area (Å²) in [6.45, 7) is 2.31. The number of hydrogen-bond donors (Lipinski definition) is 2. The molecular weight excluding hydrogens is 260 g/mol. The van der Waals surface area contributed by atoms with E-state index in [0.29, 0.717) is 17.9 Å². The summed E-state index contributed by atoms with van der Waals surface area (Å²) in [7, 11) is 0. The molecule has 0 aliphatic rings. The second kappa shape index (κ2) is 6.67. The number of nitrogens with two attached hydrogens (primary N) is 1. The first-order valence-electron chi connectivity index (χ1n) is 6.24. The minimum absolute atomic E-state index is 0.0163. The first-order chi connectivity index (χ1) is 9.72. The summed E-state index contributed by atoms with van der Waals surface area (Å²) in [6.07, 6.45) is 0.828. The Morgan fingerprint density at radius 3 is 2.65 bits per heavy atom. The summed E-state index contributed by atoms with van der Waals surface area (Å²) >= 11 is 0. The quantitative estimate of drug-likeness (QED) is 0.824. The van der Waals surface area contributed by atoms with E-state index in [2.05, 4.69) is 15.0 Å². The molecule has 0 radical (unpaired) electrons. The number of nitrogen functional groups attached to an aromatic ring is 1. The van der Waals surface area contributed by atoms with Crippen LogP contribution < -0.4 is 15.2 Å². The van der Waals surface area contributed by atoms with Crippen LogP contribution in [-0.2, 0) is 6.61 Å². The van der Waals surface area contributed by atoms with E-state index in [1.807, 2.05) is 6.92 Å². The fraction of sp³-hybridized carbons (Fsp3) is 0.308. The van der Waals surface area contributed by atoms with Crippen LogP contribution >= 0.6 is 0 Å². The zero-order valence-corrected chi connectivity index (χ0v) is 11.1. The van der Waals surface area contributed by atoms with Crippen molar-refractivity contribution in [1.82, 2.24) is 15.0 Å². The third-order valence-electron chi connectivity index (χ3n) is 2.39. The van der Waals surface area contributed by atoms with Gasteiger partial charge in [0, 0.05) is 5.56 Å². The SMILES string of the molecule is CCCOc1nc(N)nc(Oc2ccccc2CO)n1. The number of aliphatic hydroxyl groups is 1. The lowest BCUT2D eigenvalue weighted by molar-refractivity contribution is 0.272. The minimum Gasteiger partial charge on any atom is -0.463 e. The molecule has 0 bridgehead atoms. The molecule has 20 heavy (non-hydrogen) atoms. The van der Waals surface area contributed by atoms with Crippen molar-refractivity contribution < 1.29 is 14.6 Å². The van der Waals surface area contributed by atoms with Gasteiger partial charge in [-0.15, -0.1) is 4.98 Å². The van der Waals surface area contributed by atoms with E-state index >= 15 is 0 Å². The fourth-order valence-corrected chi connectivity index (χ4v) is 1.49. The topological polar surface area (TPSA) is 103 Å². The summed E-state index contributed by atoms with van der Waals surface area (Å²) in [6, 6.07) is 7.19. The Labute approximate surface area is 116 Å². The van der Waals surface area contributed by atoms with Gasteiger partial charge in [0.15, 0.2) is 0 Å². The summed E-state index contributed by atoms with van der Waals surface area (Å²) < 4.78 is 10.8. The highest BCUT2D eigenvalue weighted by Gasteiger charge is 2.09. The van der Waals surface area contributed by atoms with Crippen molar-refractivity contribution in [3.8, 4) is 17.8 Å². The third-order valence-corrected chi connectivity index (χ3v) is 2.39. The first-order valence-corrected chi connectivity index (χ1v) is 6.24. The predicted molar refractivity (Wildman–Crippen MR) is 72.5 cm³/mol. The fourth-order valence-electron chi connectivity index (χ4n) is 1.49. The molecule has 3 N–H and O–H groups in total. The molecule has 7 nitrogen and oxygen atoms in total. The van der Waals surface area contributed by atoms with E-state index in [1.165, 1.54) is 0 Å². The van der Waals surface area contributed by atoms with E-state index < -0.39 is 0 Å². The molecule has 0 spiro atoms. The van der Waals surface area contributed by atoms with E-state index in [1.54, 1.807) is 24.3 Å². The van der Waals surface area contributed by atoms with Crippen molar-refractivity contribution in [2.45, 2.75) is 20.0 Å². The lowest BCUT2D eigenvalue weighted by atomic mass is 10.2. The van der Waals surface area contributed by atoms with Gasteiger partial charge in [-0.2, -0.15) is 9.97 Å². The first kappa shape index (κ1) is 14.0. The largest absolute Gasteiger partial charge is 0.463 e. The number of nitrogens with zero attached hydrogens (tertiary/aromatic N) is 3. The van der Waals surface area contributed by atoms with Crippen LogP contribution in [-0.4, -0.2) is 26.7 Å². The average molecular weight is 276 g/mol. The number of para-hydroxylation sites is 1. The summed E-state index contributed by atoms with van der Waals surface area (Å²) in [5.74, 6) is 0.477. The summed E-state index contributed by atoms with van der Waals surface area (Å²) in [5.41, 5.74) is 6.21. The molecule has 1 aromatic heterocycles. The third kappa shape index (κ3) is 3.55. The van der Waals surface area contributed by atoms with Crippen LogP contribution in [0.15, 0.2) is 24.3 Å². The van der Waals surface area contributed by atoms with Gasteiger partial charge in [0.25, 0.3) is 0 Å². The van der Waals surface area contributed by atoms with Crippen LogP contribution in [0.1, 0.15) is 18.9 Å². The molecule has 2 rings (SSSR count).